The van der Waals surface area contributed by atoms with Gasteiger partial charge in [-0.05, 0) is 18.9 Å². The van der Waals surface area contributed by atoms with Crippen LogP contribution in [0.1, 0.15) is 12.5 Å². The van der Waals surface area contributed by atoms with E-state index in [9.17, 15) is 0 Å². The van der Waals surface area contributed by atoms with Crippen molar-refractivity contribution in [1.82, 2.24) is 4.90 Å². The van der Waals surface area contributed by atoms with Crippen molar-refractivity contribution in [3.63, 3.8) is 0 Å². The summed E-state index contributed by atoms with van der Waals surface area (Å²) in [4.78, 5) is 2.33. The normalized spacial score (nSPS) is 11.6. The summed E-state index contributed by atoms with van der Waals surface area (Å²) in [6.45, 7) is 5.61. The van der Waals surface area contributed by atoms with Gasteiger partial charge in [0.25, 0.3) is 0 Å². The topological polar surface area (TPSA) is 55.3 Å². The molecule has 0 amide bonds. The van der Waals surface area contributed by atoms with Crippen LogP contribution >= 0.6 is 24.8 Å². The molecule has 1 aromatic rings. The molecule has 106 valence electrons. The van der Waals surface area contributed by atoms with E-state index >= 15 is 0 Å². The van der Waals surface area contributed by atoms with Gasteiger partial charge in [-0.2, -0.15) is 0 Å². The Balaban J connectivity index is 0. The van der Waals surface area contributed by atoms with Crippen LogP contribution in [0.5, 0.6) is 0 Å². The van der Waals surface area contributed by atoms with E-state index in [-0.39, 0.29) is 30.9 Å². The fourth-order valence-electron chi connectivity index (χ4n) is 1.82. The number of benzene rings is 1. The predicted molar refractivity (Wildman–Crippen MR) is 83.8 cm³/mol. The van der Waals surface area contributed by atoms with Gasteiger partial charge in [-0.15, -0.1) is 24.8 Å². The molecule has 0 aliphatic rings. The summed E-state index contributed by atoms with van der Waals surface area (Å²) in [5, 5.41) is 0. The van der Waals surface area contributed by atoms with Gasteiger partial charge in [0.2, 0.25) is 0 Å². The van der Waals surface area contributed by atoms with E-state index in [0.29, 0.717) is 6.54 Å². The first-order valence-electron chi connectivity index (χ1n) is 5.94. The van der Waals surface area contributed by atoms with E-state index in [1.54, 1.807) is 0 Å². The number of rotatable bonds is 7. The Morgan fingerprint density at radius 2 is 1.72 bits per heavy atom. The van der Waals surface area contributed by atoms with Gasteiger partial charge in [0.05, 0.1) is 0 Å². The van der Waals surface area contributed by atoms with Crippen LogP contribution in [0.25, 0.3) is 0 Å². The summed E-state index contributed by atoms with van der Waals surface area (Å²) in [7, 11) is 0. The van der Waals surface area contributed by atoms with Crippen molar-refractivity contribution in [3.8, 4) is 0 Å². The molecule has 1 unspecified atom stereocenters. The highest BCUT2D eigenvalue weighted by molar-refractivity contribution is 5.85. The Hall–Kier alpha value is -0.320. The van der Waals surface area contributed by atoms with Crippen LogP contribution in [0.4, 0.5) is 0 Å². The highest BCUT2D eigenvalue weighted by atomic mass is 35.5. The lowest BCUT2D eigenvalue weighted by Gasteiger charge is -2.23. The summed E-state index contributed by atoms with van der Waals surface area (Å²) < 4.78 is 0. The summed E-state index contributed by atoms with van der Waals surface area (Å²) >= 11 is 0. The van der Waals surface area contributed by atoms with Crippen LogP contribution in [-0.2, 0) is 6.42 Å². The van der Waals surface area contributed by atoms with Crippen molar-refractivity contribution < 1.29 is 0 Å². The molecule has 0 heterocycles. The van der Waals surface area contributed by atoms with E-state index in [0.717, 1.165) is 26.1 Å². The van der Waals surface area contributed by atoms with Crippen molar-refractivity contribution in [2.24, 2.45) is 11.5 Å². The summed E-state index contributed by atoms with van der Waals surface area (Å²) in [5.41, 5.74) is 12.8. The molecule has 1 rings (SSSR count). The van der Waals surface area contributed by atoms with Gasteiger partial charge in [0, 0.05) is 32.2 Å². The Labute approximate surface area is 123 Å². The Bertz CT molecular complexity index is 281. The van der Waals surface area contributed by atoms with Crippen LogP contribution < -0.4 is 11.5 Å². The molecule has 0 aliphatic carbocycles. The minimum absolute atomic E-state index is 0. The van der Waals surface area contributed by atoms with Gasteiger partial charge >= 0.3 is 0 Å². The molecule has 5 heteroatoms. The molecule has 0 bridgehead atoms. The maximum Gasteiger partial charge on any atom is 0.0139 e. The summed E-state index contributed by atoms with van der Waals surface area (Å²) in [5.74, 6) is 0. The van der Waals surface area contributed by atoms with Crippen LogP contribution in [0.3, 0.4) is 0 Å². The van der Waals surface area contributed by atoms with Crippen molar-refractivity contribution >= 4 is 24.8 Å². The zero-order valence-corrected chi connectivity index (χ0v) is 12.6. The van der Waals surface area contributed by atoms with E-state index in [2.05, 4.69) is 29.2 Å². The number of halogens is 2. The van der Waals surface area contributed by atoms with E-state index < -0.39 is 0 Å². The first-order valence-corrected chi connectivity index (χ1v) is 5.94. The maximum absolute atomic E-state index is 5.81. The molecule has 3 nitrogen and oxygen atoms in total. The molecule has 1 aromatic carbocycles. The van der Waals surface area contributed by atoms with E-state index in [1.165, 1.54) is 5.56 Å². The standard InChI is InChI=1S/C13H23N3.2ClH/c1-12(15)11-16(10-8-14)9-7-13-5-3-2-4-6-13;;/h2-6,12H,7-11,14-15H2,1H3;2*1H. The van der Waals surface area contributed by atoms with Crippen LogP contribution in [-0.4, -0.2) is 37.1 Å². The molecule has 0 saturated carbocycles. The third-order valence-corrected chi connectivity index (χ3v) is 2.55. The molecule has 0 spiro atoms. The zero-order valence-electron chi connectivity index (χ0n) is 10.9. The molecule has 18 heavy (non-hydrogen) atoms. The average Bonchev–Trinajstić information content (AvgIpc) is 2.27. The van der Waals surface area contributed by atoms with Gasteiger partial charge in [0.15, 0.2) is 0 Å². The summed E-state index contributed by atoms with van der Waals surface area (Å²) in [6, 6.07) is 10.7. The molecule has 0 aromatic heterocycles. The first kappa shape index (κ1) is 20.0. The minimum Gasteiger partial charge on any atom is -0.329 e. The van der Waals surface area contributed by atoms with Crippen molar-refractivity contribution in [1.29, 1.82) is 0 Å². The molecule has 0 fully saturated rings. The third kappa shape index (κ3) is 8.72. The number of hydrogen-bond donors (Lipinski definition) is 2. The Kier molecular flexibility index (Phi) is 13.1. The number of hydrogen-bond acceptors (Lipinski definition) is 3. The fourth-order valence-corrected chi connectivity index (χ4v) is 1.82. The predicted octanol–water partition coefficient (Wildman–Crippen LogP) is 1.68. The SMILES string of the molecule is CC(N)CN(CCN)CCc1ccccc1.Cl.Cl. The molecule has 0 aliphatic heterocycles. The molecule has 0 radical (unpaired) electrons. The molecule has 4 N–H and O–H groups in total. The second kappa shape index (κ2) is 11.8. The Morgan fingerprint density at radius 3 is 2.22 bits per heavy atom. The van der Waals surface area contributed by atoms with Crippen molar-refractivity contribution in [3.05, 3.63) is 35.9 Å². The minimum atomic E-state index is 0. The highest BCUT2D eigenvalue weighted by Crippen LogP contribution is 2.01. The number of nitrogens with zero attached hydrogens (tertiary/aromatic N) is 1. The van der Waals surface area contributed by atoms with Crippen molar-refractivity contribution in [2.45, 2.75) is 19.4 Å². The summed E-state index contributed by atoms with van der Waals surface area (Å²) in [6.07, 6.45) is 1.06. The Morgan fingerprint density at radius 1 is 1.11 bits per heavy atom. The molecule has 0 saturated heterocycles. The average molecular weight is 294 g/mol. The third-order valence-electron chi connectivity index (χ3n) is 2.55. The fraction of sp³-hybridized carbons (Fsp3) is 0.538. The lowest BCUT2D eigenvalue weighted by molar-refractivity contribution is 0.271. The highest BCUT2D eigenvalue weighted by Gasteiger charge is 2.06. The van der Waals surface area contributed by atoms with Crippen LogP contribution in [0.2, 0.25) is 0 Å². The lowest BCUT2D eigenvalue weighted by Crippen LogP contribution is -2.39. The van der Waals surface area contributed by atoms with Crippen molar-refractivity contribution in [2.75, 3.05) is 26.2 Å². The maximum atomic E-state index is 5.81. The smallest absolute Gasteiger partial charge is 0.0139 e. The quantitative estimate of drug-likeness (QED) is 0.804. The number of nitrogens with two attached hydrogens (primary N) is 2. The van der Waals surface area contributed by atoms with E-state index in [4.69, 9.17) is 11.5 Å². The van der Waals surface area contributed by atoms with Gasteiger partial charge in [-0.3, -0.25) is 0 Å². The molecular weight excluding hydrogens is 269 g/mol. The first-order chi connectivity index (χ1) is 7.72. The lowest BCUT2D eigenvalue weighted by atomic mass is 10.1. The monoisotopic (exact) mass is 293 g/mol. The van der Waals surface area contributed by atoms with Gasteiger partial charge in [0.1, 0.15) is 0 Å². The van der Waals surface area contributed by atoms with Gasteiger partial charge in [-0.1, -0.05) is 30.3 Å². The molecular formula is C13H25Cl2N3. The van der Waals surface area contributed by atoms with Crippen LogP contribution in [0, 0.1) is 0 Å². The largest absolute Gasteiger partial charge is 0.329 e. The second-order valence-electron chi connectivity index (χ2n) is 4.30. The zero-order chi connectivity index (χ0) is 11.8. The van der Waals surface area contributed by atoms with E-state index in [1.807, 2.05) is 13.0 Å². The molecule has 1 atom stereocenters. The van der Waals surface area contributed by atoms with Gasteiger partial charge in [-0.25, -0.2) is 0 Å². The van der Waals surface area contributed by atoms with Crippen LogP contribution in [0.15, 0.2) is 30.3 Å². The van der Waals surface area contributed by atoms with Gasteiger partial charge < -0.3 is 16.4 Å². The second-order valence-corrected chi connectivity index (χ2v) is 4.30.